The second kappa shape index (κ2) is 4.60. The van der Waals surface area contributed by atoms with E-state index in [0.29, 0.717) is 6.61 Å². The molecule has 0 saturated heterocycles. The molecule has 3 heteroatoms. The van der Waals surface area contributed by atoms with E-state index in [1.807, 2.05) is 6.92 Å². The maximum atomic E-state index is 9.97. The molecule has 0 aromatic carbocycles. The highest BCUT2D eigenvalue weighted by atomic mass is 16.5. The third-order valence-corrected chi connectivity index (χ3v) is 3.03. The van der Waals surface area contributed by atoms with Crippen molar-refractivity contribution in [1.82, 2.24) is 0 Å². The first-order valence-electron chi connectivity index (χ1n) is 5.30. The fourth-order valence-electron chi connectivity index (χ4n) is 2.04. The molecule has 1 aliphatic carbocycles. The summed E-state index contributed by atoms with van der Waals surface area (Å²) in [5.41, 5.74) is -0.00252. The predicted octanol–water partition coefficient (Wildman–Crippen LogP) is 1.59. The Hall–Kier alpha value is -0.120. The van der Waals surface area contributed by atoms with E-state index in [2.05, 4.69) is 13.8 Å². The quantitative estimate of drug-likeness (QED) is 0.752. The van der Waals surface area contributed by atoms with E-state index in [9.17, 15) is 5.11 Å². The number of aliphatic hydroxyl groups is 1. The number of aliphatic hydroxyl groups excluding tert-OH is 1. The van der Waals surface area contributed by atoms with Gasteiger partial charge in [-0.1, -0.05) is 13.8 Å². The number of hydrogen-bond donors (Lipinski definition) is 1. The number of methoxy groups -OCH3 is 1. The lowest BCUT2D eigenvalue weighted by Crippen LogP contribution is -2.35. The molecule has 0 amide bonds. The van der Waals surface area contributed by atoms with E-state index in [1.54, 1.807) is 7.11 Å². The third kappa shape index (κ3) is 2.69. The molecule has 1 rings (SSSR count). The third-order valence-electron chi connectivity index (χ3n) is 3.03. The average molecular weight is 202 g/mol. The Bertz CT molecular complexity index is 179. The standard InChI is InChI=1S/C11H22O3/c1-8(7-13-4)14-9-5-6-11(2,3)10(9)12/h8-10,12H,5-7H2,1-4H3. The first-order chi connectivity index (χ1) is 6.47. The van der Waals surface area contributed by atoms with Crippen LogP contribution >= 0.6 is 0 Å². The number of ether oxygens (including phenoxy) is 2. The topological polar surface area (TPSA) is 38.7 Å². The maximum absolute atomic E-state index is 9.97. The van der Waals surface area contributed by atoms with Gasteiger partial charge in [0.05, 0.1) is 24.9 Å². The average Bonchev–Trinajstić information content (AvgIpc) is 2.33. The number of rotatable bonds is 4. The zero-order valence-electron chi connectivity index (χ0n) is 9.62. The molecule has 3 nitrogen and oxygen atoms in total. The minimum atomic E-state index is -0.346. The summed E-state index contributed by atoms with van der Waals surface area (Å²) in [4.78, 5) is 0. The number of hydrogen-bond acceptors (Lipinski definition) is 3. The summed E-state index contributed by atoms with van der Waals surface area (Å²) in [6, 6.07) is 0. The van der Waals surface area contributed by atoms with Crippen LogP contribution in [0.25, 0.3) is 0 Å². The Kier molecular flexibility index (Phi) is 3.93. The van der Waals surface area contributed by atoms with Gasteiger partial charge in [0.15, 0.2) is 0 Å². The summed E-state index contributed by atoms with van der Waals surface area (Å²) in [5, 5.41) is 9.97. The van der Waals surface area contributed by atoms with Crippen LogP contribution in [0.3, 0.4) is 0 Å². The van der Waals surface area contributed by atoms with Crippen LogP contribution in [0, 0.1) is 5.41 Å². The van der Waals surface area contributed by atoms with E-state index < -0.39 is 0 Å². The Balaban J connectivity index is 2.40. The molecule has 84 valence electrons. The second-order valence-corrected chi connectivity index (χ2v) is 4.91. The fourth-order valence-corrected chi connectivity index (χ4v) is 2.04. The molecule has 0 aliphatic heterocycles. The molecule has 0 aromatic heterocycles. The van der Waals surface area contributed by atoms with Crippen molar-refractivity contribution in [3.63, 3.8) is 0 Å². The van der Waals surface area contributed by atoms with Crippen LogP contribution in [0.2, 0.25) is 0 Å². The lowest BCUT2D eigenvalue weighted by Gasteiger charge is -2.27. The van der Waals surface area contributed by atoms with Crippen molar-refractivity contribution in [1.29, 1.82) is 0 Å². The second-order valence-electron chi connectivity index (χ2n) is 4.91. The van der Waals surface area contributed by atoms with Crippen molar-refractivity contribution in [3.8, 4) is 0 Å². The van der Waals surface area contributed by atoms with E-state index in [-0.39, 0.29) is 23.7 Å². The van der Waals surface area contributed by atoms with Crippen LogP contribution in [0.4, 0.5) is 0 Å². The summed E-state index contributed by atoms with van der Waals surface area (Å²) >= 11 is 0. The van der Waals surface area contributed by atoms with Crippen molar-refractivity contribution in [2.24, 2.45) is 5.41 Å². The van der Waals surface area contributed by atoms with Gasteiger partial charge < -0.3 is 14.6 Å². The zero-order valence-corrected chi connectivity index (χ0v) is 9.62. The van der Waals surface area contributed by atoms with E-state index in [4.69, 9.17) is 9.47 Å². The molecule has 1 aliphatic rings. The normalized spacial score (nSPS) is 33.2. The molecule has 1 fully saturated rings. The highest BCUT2D eigenvalue weighted by molar-refractivity contribution is 4.92. The highest BCUT2D eigenvalue weighted by Crippen LogP contribution is 2.39. The lowest BCUT2D eigenvalue weighted by atomic mass is 9.89. The van der Waals surface area contributed by atoms with Gasteiger partial charge >= 0.3 is 0 Å². The van der Waals surface area contributed by atoms with Crippen molar-refractivity contribution in [2.75, 3.05) is 13.7 Å². The van der Waals surface area contributed by atoms with Gasteiger partial charge in [-0.05, 0) is 25.2 Å². The van der Waals surface area contributed by atoms with Gasteiger partial charge in [-0.25, -0.2) is 0 Å². The molecule has 0 bridgehead atoms. The van der Waals surface area contributed by atoms with Gasteiger partial charge in [0.1, 0.15) is 0 Å². The predicted molar refractivity (Wildman–Crippen MR) is 55.2 cm³/mol. The van der Waals surface area contributed by atoms with E-state index >= 15 is 0 Å². The van der Waals surface area contributed by atoms with Crippen molar-refractivity contribution in [2.45, 2.75) is 51.9 Å². The molecule has 3 atom stereocenters. The van der Waals surface area contributed by atoms with Crippen LogP contribution < -0.4 is 0 Å². The van der Waals surface area contributed by atoms with Gasteiger partial charge in [-0.3, -0.25) is 0 Å². The smallest absolute Gasteiger partial charge is 0.0852 e. The molecule has 1 N–H and O–H groups in total. The lowest BCUT2D eigenvalue weighted by molar-refractivity contribution is -0.0939. The van der Waals surface area contributed by atoms with Crippen molar-refractivity contribution >= 4 is 0 Å². The Morgan fingerprint density at radius 2 is 2.14 bits per heavy atom. The van der Waals surface area contributed by atoms with Crippen LogP contribution in [0.15, 0.2) is 0 Å². The van der Waals surface area contributed by atoms with Gasteiger partial charge in [0.25, 0.3) is 0 Å². The summed E-state index contributed by atoms with van der Waals surface area (Å²) in [5.74, 6) is 0. The zero-order chi connectivity index (χ0) is 10.8. The van der Waals surface area contributed by atoms with Crippen molar-refractivity contribution in [3.05, 3.63) is 0 Å². The molecule has 14 heavy (non-hydrogen) atoms. The van der Waals surface area contributed by atoms with Crippen LogP contribution in [-0.4, -0.2) is 37.1 Å². The summed E-state index contributed by atoms with van der Waals surface area (Å²) in [7, 11) is 1.66. The maximum Gasteiger partial charge on any atom is 0.0852 e. The molecule has 0 aromatic rings. The van der Waals surface area contributed by atoms with Crippen LogP contribution in [0.1, 0.15) is 33.6 Å². The van der Waals surface area contributed by atoms with Crippen LogP contribution in [-0.2, 0) is 9.47 Å². The SMILES string of the molecule is COCC(C)OC1CCC(C)(C)C1O. The monoisotopic (exact) mass is 202 g/mol. The van der Waals surface area contributed by atoms with Gasteiger partial charge in [0, 0.05) is 7.11 Å². The Morgan fingerprint density at radius 1 is 1.50 bits per heavy atom. The first kappa shape index (κ1) is 12.0. The van der Waals surface area contributed by atoms with Gasteiger partial charge in [-0.2, -0.15) is 0 Å². The van der Waals surface area contributed by atoms with E-state index in [0.717, 1.165) is 12.8 Å². The van der Waals surface area contributed by atoms with E-state index in [1.165, 1.54) is 0 Å². The first-order valence-corrected chi connectivity index (χ1v) is 5.30. The summed E-state index contributed by atoms with van der Waals surface area (Å²) < 4.78 is 10.7. The molecule has 0 heterocycles. The minimum Gasteiger partial charge on any atom is -0.390 e. The molecule has 1 saturated carbocycles. The molecule has 0 spiro atoms. The van der Waals surface area contributed by atoms with Crippen LogP contribution in [0.5, 0.6) is 0 Å². The minimum absolute atomic E-state index is 0.00252. The summed E-state index contributed by atoms with van der Waals surface area (Å²) in [6.07, 6.45) is 1.67. The van der Waals surface area contributed by atoms with Gasteiger partial charge in [0.2, 0.25) is 0 Å². The Labute approximate surface area is 86.4 Å². The highest BCUT2D eigenvalue weighted by Gasteiger charge is 2.41. The molecule has 0 radical (unpaired) electrons. The Morgan fingerprint density at radius 3 is 2.57 bits per heavy atom. The molecular weight excluding hydrogens is 180 g/mol. The van der Waals surface area contributed by atoms with Crippen molar-refractivity contribution < 1.29 is 14.6 Å². The fraction of sp³-hybridized carbons (Fsp3) is 1.00. The molecular formula is C11H22O3. The molecule has 3 unspecified atom stereocenters. The summed E-state index contributed by atoms with van der Waals surface area (Å²) in [6.45, 7) is 6.73. The largest absolute Gasteiger partial charge is 0.390 e. The van der Waals surface area contributed by atoms with Gasteiger partial charge in [-0.15, -0.1) is 0 Å².